The molecule has 26 heavy (non-hydrogen) atoms. The highest BCUT2D eigenvalue weighted by Crippen LogP contribution is 2.29. The third-order valence-corrected chi connectivity index (χ3v) is 4.75. The summed E-state index contributed by atoms with van der Waals surface area (Å²) in [4.78, 5) is 27.9. The topological polar surface area (TPSA) is 80.2 Å². The fraction of sp³-hybridized carbons (Fsp3) is 0.474. The van der Waals surface area contributed by atoms with E-state index >= 15 is 0 Å². The summed E-state index contributed by atoms with van der Waals surface area (Å²) < 4.78 is 5.61. The van der Waals surface area contributed by atoms with E-state index in [1.807, 2.05) is 29.2 Å². The maximum atomic E-state index is 12.8. The second-order valence-electron chi connectivity index (χ2n) is 6.80. The summed E-state index contributed by atoms with van der Waals surface area (Å²) in [7, 11) is 0. The van der Waals surface area contributed by atoms with Gasteiger partial charge in [-0.25, -0.2) is 9.97 Å². The number of amides is 1. The number of nitrogens with one attached hydrogen (secondary N) is 1. The van der Waals surface area contributed by atoms with Gasteiger partial charge in [-0.3, -0.25) is 9.78 Å². The van der Waals surface area contributed by atoms with Gasteiger partial charge in [0.1, 0.15) is 11.9 Å². The largest absolute Gasteiger partial charge is 0.377 e. The average molecular weight is 353 g/mol. The van der Waals surface area contributed by atoms with Crippen molar-refractivity contribution < 1.29 is 9.53 Å². The first-order chi connectivity index (χ1) is 12.8. The molecular weight excluding hydrogens is 330 g/mol. The van der Waals surface area contributed by atoms with Gasteiger partial charge in [0.25, 0.3) is 0 Å². The summed E-state index contributed by atoms with van der Waals surface area (Å²) in [5, 5.41) is 3.36. The van der Waals surface area contributed by atoms with Crippen LogP contribution in [0.4, 0.5) is 5.82 Å². The lowest BCUT2D eigenvalue weighted by molar-refractivity contribution is -0.139. The van der Waals surface area contributed by atoms with Crippen molar-refractivity contribution in [2.75, 3.05) is 31.6 Å². The Balaban J connectivity index is 1.47. The maximum Gasteiger partial charge on any atom is 0.229 e. The molecule has 136 valence electrons. The molecule has 2 aliphatic rings. The van der Waals surface area contributed by atoms with E-state index in [9.17, 15) is 4.79 Å². The van der Waals surface area contributed by atoms with Crippen molar-refractivity contribution >= 4 is 11.7 Å². The fourth-order valence-electron chi connectivity index (χ4n) is 3.08. The molecule has 1 saturated carbocycles. The van der Waals surface area contributed by atoms with E-state index in [0.717, 1.165) is 24.0 Å². The number of hydrogen-bond acceptors (Lipinski definition) is 6. The van der Waals surface area contributed by atoms with Crippen LogP contribution < -0.4 is 5.32 Å². The van der Waals surface area contributed by atoms with Gasteiger partial charge < -0.3 is 15.0 Å². The molecule has 0 spiro atoms. The van der Waals surface area contributed by atoms with Crippen molar-refractivity contribution in [2.45, 2.75) is 25.3 Å². The van der Waals surface area contributed by atoms with Gasteiger partial charge >= 0.3 is 0 Å². The summed E-state index contributed by atoms with van der Waals surface area (Å²) in [6, 6.07) is 7.22. The molecule has 1 aliphatic carbocycles. The van der Waals surface area contributed by atoms with E-state index in [1.165, 1.54) is 12.8 Å². The summed E-state index contributed by atoms with van der Waals surface area (Å²) in [6.45, 7) is 2.43. The van der Waals surface area contributed by atoms with Crippen molar-refractivity contribution in [1.29, 1.82) is 0 Å². The Morgan fingerprint density at radius 3 is 2.96 bits per heavy atom. The monoisotopic (exact) mass is 353 g/mol. The molecule has 3 heterocycles. The van der Waals surface area contributed by atoms with Crippen LogP contribution in [0.1, 0.15) is 30.4 Å². The number of hydrogen-bond donors (Lipinski definition) is 1. The number of rotatable bonds is 6. The van der Waals surface area contributed by atoms with Crippen molar-refractivity contribution in [3.05, 3.63) is 48.2 Å². The zero-order chi connectivity index (χ0) is 17.8. The predicted molar refractivity (Wildman–Crippen MR) is 96.5 cm³/mol. The standard InChI is InChI=1S/C19H23N5O2/c25-18(11-15-3-1-2-7-20-15)24-9-10-26-13-16(24)19-21-8-6-17(23-19)22-12-14-4-5-14/h1-3,6-8,14,16H,4-5,9-13H2,(H,21,22,23)/t16-/m0/s1. The van der Waals surface area contributed by atoms with Gasteiger partial charge in [0.2, 0.25) is 5.91 Å². The third kappa shape index (κ3) is 4.16. The third-order valence-electron chi connectivity index (χ3n) is 4.75. The highest BCUT2D eigenvalue weighted by molar-refractivity contribution is 5.78. The van der Waals surface area contributed by atoms with Gasteiger partial charge in [-0.2, -0.15) is 0 Å². The van der Waals surface area contributed by atoms with Gasteiger partial charge in [0.15, 0.2) is 5.82 Å². The molecule has 0 radical (unpaired) electrons. The first kappa shape index (κ1) is 16.9. The van der Waals surface area contributed by atoms with E-state index in [0.29, 0.717) is 25.6 Å². The van der Waals surface area contributed by atoms with Crippen LogP contribution in [-0.4, -0.2) is 52.1 Å². The van der Waals surface area contributed by atoms with Crippen molar-refractivity contribution in [2.24, 2.45) is 5.92 Å². The number of aromatic nitrogens is 3. The molecule has 1 aliphatic heterocycles. The Labute approximate surface area is 152 Å². The van der Waals surface area contributed by atoms with Gasteiger partial charge in [-0.1, -0.05) is 6.07 Å². The molecule has 1 amide bonds. The van der Waals surface area contributed by atoms with Crippen LogP contribution >= 0.6 is 0 Å². The second kappa shape index (κ2) is 7.78. The quantitative estimate of drug-likeness (QED) is 0.853. The minimum absolute atomic E-state index is 0.0249. The van der Waals surface area contributed by atoms with Crippen LogP contribution in [0.15, 0.2) is 36.7 Å². The van der Waals surface area contributed by atoms with Gasteiger partial charge in [-0.05, 0) is 37.0 Å². The van der Waals surface area contributed by atoms with E-state index < -0.39 is 0 Å². The van der Waals surface area contributed by atoms with Crippen molar-refractivity contribution in [3.8, 4) is 0 Å². The van der Waals surface area contributed by atoms with Gasteiger partial charge in [0, 0.05) is 31.2 Å². The Kier molecular flexibility index (Phi) is 5.06. The molecule has 2 aromatic heterocycles. The Morgan fingerprint density at radius 1 is 1.23 bits per heavy atom. The minimum atomic E-state index is -0.261. The molecular formula is C19H23N5O2. The predicted octanol–water partition coefficient (Wildman–Crippen LogP) is 1.84. The van der Waals surface area contributed by atoms with E-state index in [1.54, 1.807) is 12.4 Å². The maximum absolute atomic E-state index is 12.8. The Bertz CT molecular complexity index is 751. The van der Waals surface area contributed by atoms with Crippen LogP contribution in [-0.2, 0) is 16.0 Å². The molecule has 1 saturated heterocycles. The molecule has 7 heteroatoms. The van der Waals surface area contributed by atoms with Crippen LogP contribution in [0.5, 0.6) is 0 Å². The van der Waals surface area contributed by atoms with Crippen molar-refractivity contribution in [1.82, 2.24) is 19.9 Å². The lowest BCUT2D eigenvalue weighted by atomic mass is 10.1. The lowest BCUT2D eigenvalue weighted by Gasteiger charge is -2.34. The van der Waals surface area contributed by atoms with Gasteiger partial charge in [-0.15, -0.1) is 0 Å². The number of morpholine rings is 1. The molecule has 1 atom stereocenters. The molecule has 0 aromatic carbocycles. The number of carbonyl (C=O) groups excluding carboxylic acids is 1. The lowest BCUT2D eigenvalue weighted by Crippen LogP contribution is -2.44. The van der Waals surface area contributed by atoms with E-state index in [2.05, 4.69) is 20.3 Å². The normalized spacial score (nSPS) is 20.0. The summed E-state index contributed by atoms with van der Waals surface area (Å²) in [5.74, 6) is 2.23. The number of ether oxygens (including phenoxy) is 1. The molecule has 2 fully saturated rings. The van der Waals surface area contributed by atoms with E-state index in [4.69, 9.17) is 4.74 Å². The van der Waals surface area contributed by atoms with Crippen molar-refractivity contribution in [3.63, 3.8) is 0 Å². The van der Waals surface area contributed by atoms with Crippen LogP contribution in [0.2, 0.25) is 0 Å². The number of anilines is 1. The zero-order valence-corrected chi connectivity index (χ0v) is 14.7. The first-order valence-electron chi connectivity index (χ1n) is 9.13. The second-order valence-corrected chi connectivity index (χ2v) is 6.80. The number of carbonyl (C=O) groups is 1. The SMILES string of the molecule is O=C(Cc1ccccn1)N1CCOC[C@H]1c1nccc(NCC2CC2)n1. The van der Waals surface area contributed by atoms with Gasteiger partial charge in [0.05, 0.1) is 19.6 Å². The van der Waals surface area contributed by atoms with E-state index in [-0.39, 0.29) is 18.4 Å². The Hall–Kier alpha value is -2.54. The molecule has 4 rings (SSSR count). The molecule has 1 N–H and O–H groups in total. The summed E-state index contributed by atoms with van der Waals surface area (Å²) in [6.07, 6.45) is 6.30. The molecule has 2 aromatic rings. The summed E-state index contributed by atoms with van der Waals surface area (Å²) in [5.41, 5.74) is 0.767. The molecule has 0 unspecified atom stereocenters. The minimum Gasteiger partial charge on any atom is -0.377 e. The van der Waals surface area contributed by atoms with Crippen LogP contribution in [0.25, 0.3) is 0 Å². The highest BCUT2D eigenvalue weighted by Gasteiger charge is 2.31. The fourth-order valence-corrected chi connectivity index (χ4v) is 3.08. The number of nitrogens with zero attached hydrogens (tertiary/aromatic N) is 4. The average Bonchev–Trinajstić information content (AvgIpc) is 3.52. The van der Waals surface area contributed by atoms with Crippen LogP contribution in [0.3, 0.4) is 0 Å². The summed E-state index contributed by atoms with van der Waals surface area (Å²) >= 11 is 0. The smallest absolute Gasteiger partial charge is 0.229 e. The zero-order valence-electron chi connectivity index (χ0n) is 14.7. The van der Waals surface area contributed by atoms with Crippen LogP contribution in [0, 0.1) is 5.92 Å². The number of pyridine rings is 1. The molecule has 0 bridgehead atoms. The highest BCUT2D eigenvalue weighted by atomic mass is 16.5. The first-order valence-corrected chi connectivity index (χ1v) is 9.13. The Morgan fingerprint density at radius 2 is 2.15 bits per heavy atom. The molecule has 7 nitrogen and oxygen atoms in total.